The second-order valence-electron chi connectivity index (χ2n) is 4.42. The summed E-state index contributed by atoms with van der Waals surface area (Å²) in [5.41, 5.74) is 3.13. The van der Waals surface area contributed by atoms with Crippen molar-refractivity contribution in [3.8, 4) is 0 Å². The summed E-state index contributed by atoms with van der Waals surface area (Å²) in [6, 6.07) is 5.16. The van der Waals surface area contributed by atoms with E-state index in [2.05, 4.69) is 24.6 Å². The maximum Gasteiger partial charge on any atom is 0.316 e. The first-order valence-electron chi connectivity index (χ1n) is 6.01. The molecule has 0 saturated heterocycles. The molecule has 4 N–H and O–H groups in total. The molecule has 18 heavy (non-hydrogen) atoms. The number of nitro benzene ring substituents is 1. The van der Waals surface area contributed by atoms with Gasteiger partial charge in [0.2, 0.25) is 0 Å². The van der Waals surface area contributed by atoms with Crippen LogP contribution in [0.25, 0.3) is 0 Å². The van der Waals surface area contributed by atoms with Gasteiger partial charge in [0.05, 0.1) is 4.92 Å². The highest BCUT2D eigenvalue weighted by molar-refractivity contribution is 5.76. The van der Waals surface area contributed by atoms with E-state index in [9.17, 15) is 10.1 Å². The quantitative estimate of drug-likeness (QED) is 0.411. The Morgan fingerprint density at radius 1 is 1.39 bits per heavy atom. The number of hydrazine groups is 1. The molecule has 0 heterocycles. The summed E-state index contributed by atoms with van der Waals surface area (Å²) < 4.78 is 0. The molecule has 6 heteroatoms. The van der Waals surface area contributed by atoms with Crippen molar-refractivity contribution in [3.63, 3.8) is 0 Å². The van der Waals surface area contributed by atoms with Gasteiger partial charge >= 0.3 is 5.69 Å². The molecule has 1 rings (SSSR count). The molecule has 0 saturated carbocycles. The molecule has 0 aliphatic rings. The molecule has 0 fully saturated rings. The highest BCUT2D eigenvalue weighted by Crippen LogP contribution is 2.33. The van der Waals surface area contributed by atoms with Crippen molar-refractivity contribution in [2.75, 3.05) is 10.7 Å². The molecular weight excluding hydrogens is 232 g/mol. The largest absolute Gasteiger partial charge is 0.377 e. The number of nitrogens with one attached hydrogen (secondary N) is 2. The highest BCUT2D eigenvalue weighted by atomic mass is 16.6. The number of anilines is 2. The van der Waals surface area contributed by atoms with Gasteiger partial charge in [0.1, 0.15) is 11.4 Å². The number of nitro groups is 1. The van der Waals surface area contributed by atoms with Gasteiger partial charge in [0.25, 0.3) is 0 Å². The Balaban J connectivity index is 3.05. The molecule has 0 spiro atoms. The van der Waals surface area contributed by atoms with Gasteiger partial charge < -0.3 is 10.7 Å². The van der Waals surface area contributed by atoms with E-state index in [0.717, 1.165) is 6.42 Å². The smallest absolute Gasteiger partial charge is 0.316 e. The lowest BCUT2D eigenvalue weighted by atomic mass is 10.0. The van der Waals surface area contributed by atoms with Crippen molar-refractivity contribution in [3.05, 3.63) is 28.3 Å². The summed E-state index contributed by atoms with van der Waals surface area (Å²) in [6.07, 6.45) is 1.01. The molecule has 2 unspecified atom stereocenters. The standard InChI is InChI=1S/C12H20N4O2/c1-4-8(2)9(3)14-10-6-5-7-11(15-13)12(10)16(17)18/h5-9,14-15H,4,13H2,1-3H3. The zero-order valence-corrected chi connectivity index (χ0v) is 10.9. The van der Waals surface area contributed by atoms with E-state index in [4.69, 9.17) is 5.84 Å². The third kappa shape index (κ3) is 3.10. The normalized spacial score (nSPS) is 13.8. The highest BCUT2D eigenvalue weighted by Gasteiger charge is 2.21. The van der Waals surface area contributed by atoms with Crippen LogP contribution in [0.5, 0.6) is 0 Å². The van der Waals surface area contributed by atoms with Gasteiger partial charge in [0.15, 0.2) is 0 Å². The molecule has 1 aromatic rings. The summed E-state index contributed by atoms with van der Waals surface area (Å²) >= 11 is 0. The van der Waals surface area contributed by atoms with E-state index < -0.39 is 4.92 Å². The Morgan fingerprint density at radius 3 is 2.50 bits per heavy atom. The minimum Gasteiger partial charge on any atom is -0.377 e. The van der Waals surface area contributed by atoms with Crippen molar-refractivity contribution in [2.24, 2.45) is 11.8 Å². The van der Waals surface area contributed by atoms with Crippen molar-refractivity contribution >= 4 is 17.1 Å². The van der Waals surface area contributed by atoms with Gasteiger partial charge in [-0.1, -0.05) is 26.3 Å². The molecule has 2 atom stereocenters. The van der Waals surface area contributed by atoms with Gasteiger partial charge in [-0.05, 0) is 25.0 Å². The van der Waals surface area contributed by atoms with Gasteiger partial charge in [-0.2, -0.15) is 0 Å². The average Bonchev–Trinajstić information content (AvgIpc) is 2.36. The van der Waals surface area contributed by atoms with Crippen LogP contribution in [0.2, 0.25) is 0 Å². The van der Waals surface area contributed by atoms with Gasteiger partial charge in [0, 0.05) is 6.04 Å². The minimum atomic E-state index is -0.430. The minimum absolute atomic E-state index is 0.0184. The number of para-hydroxylation sites is 1. The van der Waals surface area contributed by atoms with E-state index in [-0.39, 0.29) is 11.7 Å². The molecule has 0 bridgehead atoms. The Labute approximate surface area is 107 Å². The first kappa shape index (κ1) is 14.2. The summed E-state index contributed by atoms with van der Waals surface area (Å²) in [5, 5.41) is 14.3. The van der Waals surface area contributed by atoms with E-state index >= 15 is 0 Å². The number of nitrogens with two attached hydrogens (primary N) is 1. The second kappa shape index (κ2) is 6.20. The SMILES string of the molecule is CCC(C)C(C)Nc1cccc(NN)c1[N+](=O)[O-]. The van der Waals surface area contributed by atoms with Crippen LogP contribution in [0.1, 0.15) is 27.2 Å². The third-order valence-electron chi connectivity index (χ3n) is 3.25. The predicted molar refractivity (Wildman–Crippen MR) is 73.4 cm³/mol. The Kier molecular flexibility index (Phi) is 4.91. The van der Waals surface area contributed by atoms with Gasteiger partial charge in [-0.25, -0.2) is 0 Å². The second-order valence-corrected chi connectivity index (χ2v) is 4.42. The molecular formula is C12H20N4O2. The number of hydrogen-bond donors (Lipinski definition) is 3. The molecule has 0 radical (unpaired) electrons. The van der Waals surface area contributed by atoms with Crippen LogP contribution in [-0.4, -0.2) is 11.0 Å². The van der Waals surface area contributed by atoms with Crippen LogP contribution in [0.15, 0.2) is 18.2 Å². The lowest BCUT2D eigenvalue weighted by Gasteiger charge is -2.21. The number of nitrogen functional groups attached to an aromatic ring is 1. The summed E-state index contributed by atoms with van der Waals surface area (Å²) in [6.45, 7) is 6.21. The lowest BCUT2D eigenvalue weighted by molar-refractivity contribution is -0.383. The molecule has 0 aromatic heterocycles. The van der Waals surface area contributed by atoms with E-state index in [1.165, 1.54) is 0 Å². The Bertz CT molecular complexity index is 423. The zero-order chi connectivity index (χ0) is 13.7. The third-order valence-corrected chi connectivity index (χ3v) is 3.25. The van der Waals surface area contributed by atoms with E-state index in [1.54, 1.807) is 18.2 Å². The molecule has 100 valence electrons. The molecule has 6 nitrogen and oxygen atoms in total. The first-order chi connectivity index (χ1) is 8.51. The van der Waals surface area contributed by atoms with Crippen LogP contribution in [-0.2, 0) is 0 Å². The van der Waals surface area contributed by atoms with Gasteiger partial charge in [-0.15, -0.1) is 0 Å². The van der Waals surface area contributed by atoms with E-state index in [1.807, 2.05) is 6.92 Å². The Hall–Kier alpha value is -1.82. The fraction of sp³-hybridized carbons (Fsp3) is 0.500. The van der Waals surface area contributed by atoms with E-state index in [0.29, 0.717) is 17.3 Å². The average molecular weight is 252 g/mol. The zero-order valence-electron chi connectivity index (χ0n) is 10.9. The molecule has 1 aromatic carbocycles. The maximum absolute atomic E-state index is 11.1. The van der Waals surface area contributed by atoms with Crippen molar-refractivity contribution in [1.82, 2.24) is 0 Å². The fourth-order valence-corrected chi connectivity index (χ4v) is 1.71. The van der Waals surface area contributed by atoms with Crippen molar-refractivity contribution in [1.29, 1.82) is 0 Å². The molecule has 0 aliphatic carbocycles. The number of rotatable bonds is 6. The fourth-order valence-electron chi connectivity index (χ4n) is 1.71. The first-order valence-corrected chi connectivity index (χ1v) is 6.01. The summed E-state index contributed by atoms with van der Waals surface area (Å²) in [7, 11) is 0. The lowest BCUT2D eigenvalue weighted by Crippen LogP contribution is -2.24. The van der Waals surface area contributed by atoms with Crippen LogP contribution in [0, 0.1) is 16.0 Å². The number of benzene rings is 1. The Morgan fingerprint density at radius 2 is 2.00 bits per heavy atom. The van der Waals surface area contributed by atoms with Crippen LogP contribution < -0.4 is 16.6 Å². The molecule has 0 amide bonds. The van der Waals surface area contributed by atoms with Crippen LogP contribution in [0.4, 0.5) is 17.1 Å². The van der Waals surface area contributed by atoms with Crippen molar-refractivity contribution < 1.29 is 4.92 Å². The van der Waals surface area contributed by atoms with Crippen molar-refractivity contribution in [2.45, 2.75) is 33.2 Å². The molecule has 0 aliphatic heterocycles. The van der Waals surface area contributed by atoms with Crippen LogP contribution >= 0.6 is 0 Å². The van der Waals surface area contributed by atoms with Crippen LogP contribution in [0.3, 0.4) is 0 Å². The maximum atomic E-state index is 11.1. The topological polar surface area (TPSA) is 93.2 Å². The monoisotopic (exact) mass is 252 g/mol. The van der Waals surface area contributed by atoms with Gasteiger partial charge in [-0.3, -0.25) is 16.0 Å². The summed E-state index contributed by atoms with van der Waals surface area (Å²) in [5.74, 6) is 5.72. The number of nitrogens with zero attached hydrogens (tertiary/aromatic N) is 1. The predicted octanol–water partition coefficient (Wildman–Crippen LogP) is 2.73. The summed E-state index contributed by atoms with van der Waals surface area (Å²) in [4.78, 5) is 10.7. The number of hydrogen-bond acceptors (Lipinski definition) is 5.